The molecule has 1 N–H and O–H groups in total. The molecule has 4 aromatic rings. The molecule has 8 nitrogen and oxygen atoms in total. The van der Waals surface area contributed by atoms with Crippen LogP contribution >= 0.6 is 11.6 Å². The number of rotatable bonds is 6. The van der Waals surface area contributed by atoms with Crippen molar-refractivity contribution in [1.29, 1.82) is 5.41 Å². The van der Waals surface area contributed by atoms with E-state index >= 15 is 0 Å². The molecule has 0 saturated heterocycles. The summed E-state index contributed by atoms with van der Waals surface area (Å²) in [6.45, 7) is 0.678. The standard InChI is InChI=1S/C21H19ClN4O4S/c1-30-12-4-11-26-19(23)17(31(28,29)15-8-6-14(22)7-9-15)13-16-20(26)24-18-5-2-3-10-25(18)21(16)27/h2-3,5-10,13,23H,4,11-12H2,1H3. The maximum absolute atomic E-state index is 13.3. The molecule has 160 valence electrons. The molecule has 0 unspecified atom stereocenters. The van der Waals surface area contributed by atoms with Crippen LogP contribution < -0.4 is 11.0 Å². The van der Waals surface area contributed by atoms with Gasteiger partial charge in [0.25, 0.3) is 5.56 Å². The number of benzene rings is 1. The third kappa shape index (κ3) is 3.76. The number of pyridine rings is 2. The van der Waals surface area contributed by atoms with Gasteiger partial charge in [-0.2, -0.15) is 0 Å². The maximum Gasteiger partial charge on any atom is 0.267 e. The summed E-state index contributed by atoms with van der Waals surface area (Å²) in [5.41, 5.74) is 0.0138. The first-order valence-electron chi connectivity index (χ1n) is 9.44. The zero-order chi connectivity index (χ0) is 22.2. The summed E-state index contributed by atoms with van der Waals surface area (Å²) in [6.07, 6.45) is 2.09. The Bertz CT molecular complexity index is 1510. The van der Waals surface area contributed by atoms with Crippen molar-refractivity contribution in [3.63, 3.8) is 0 Å². The Kier molecular flexibility index (Phi) is 5.65. The molecule has 10 heteroatoms. The van der Waals surface area contributed by atoms with E-state index in [1.54, 1.807) is 31.5 Å². The van der Waals surface area contributed by atoms with Gasteiger partial charge >= 0.3 is 0 Å². The molecule has 0 spiro atoms. The van der Waals surface area contributed by atoms with Crippen LogP contribution in [0.4, 0.5) is 0 Å². The fourth-order valence-corrected chi connectivity index (χ4v) is 4.90. The first-order valence-corrected chi connectivity index (χ1v) is 11.3. The minimum atomic E-state index is -4.08. The Morgan fingerprint density at radius 3 is 2.61 bits per heavy atom. The Labute approximate surface area is 182 Å². The largest absolute Gasteiger partial charge is 0.385 e. The van der Waals surface area contributed by atoms with Gasteiger partial charge in [-0.15, -0.1) is 0 Å². The molecule has 0 aliphatic rings. The van der Waals surface area contributed by atoms with Gasteiger partial charge < -0.3 is 9.30 Å². The molecular weight excluding hydrogens is 440 g/mol. The van der Waals surface area contributed by atoms with Crippen LogP contribution in [0, 0.1) is 5.41 Å². The topological polar surface area (TPSA) is 107 Å². The lowest BCUT2D eigenvalue weighted by molar-refractivity contribution is 0.190. The van der Waals surface area contributed by atoms with E-state index in [0.717, 1.165) is 0 Å². The fourth-order valence-electron chi connectivity index (χ4n) is 3.39. The molecule has 31 heavy (non-hydrogen) atoms. The van der Waals surface area contributed by atoms with Crippen LogP contribution in [0.3, 0.4) is 0 Å². The van der Waals surface area contributed by atoms with Crippen molar-refractivity contribution >= 4 is 38.1 Å². The molecular formula is C21H19ClN4O4S. The minimum Gasteiger partial charge on any atom is -0.385 e. The van der Waals surface area contributed by atoms with Crippen molar-refractivity contribution in [2.45, 2.75) is 22.8 Å². The van der Waals surface area contributed by atoms with Crippen LogP contribution in [-0.4, -0.2) is 36.1 Å². The lowest BCUT2D eigenvalue weighted by atomic mass is 10.3. The smallest absolute Gasteiger partial charge is 0.267 e. The molecule has 3 heterocycles. The van der Waals surface area contributed by atoms with Gasteiger partial charge in [-0.05, 0) is 48.9 Å². The number of aromatic nitrogens is 3. The van der Waals surface area contributed by atoms with Gasteiger partial charge in [0, 0.05) is 31.5 Å². The number of hydrogen-bond acceptors (Lipinski definition) is 6. The predicted octanol–water partition coefficient (Wildman–Crippen LogP) is 2.65. The number of sulfone groups is 1. The number of nitrogens with one attached hydrogen (secondary N) is 1. The number of hydrogen-bond donors (Lipinski definition) is 1. The van der Waals surface area contributed by atoms with Gasteiger partial charge in [0.2, 0.25) is 9.84 Å². The summed E-state index contributed by atoms with van der Waals surface area (Å²) in [5, 5.41) is 9.17. The minimum absolute atomic E-state index is 0.0120. The first-order chi connectivity index (χ1) is 14.8. The molecule has 3 aromatic heterocycles. The lowest BCUT2D eigenvalue weighted by Crippen LogP contribution is -2.30. The number of ether oxygens (including phenoxy) is 1. The summed E-state index contributed by atoms with van der Waals surface area (Å²) < 4.78 is 34.6. The van der Waals surface area contributed by atoms with E-state index in [1.807, 2.05) is 0 Å². The number of methoxy groups -OCH3 is 1. The van der Waals surface area contributed by atoms with Crippen molar-refractivity contribution in [3.8, 4) is 0 Å². The molecule has 0 bridgehead atoms. The van der Waals surface area contributed by atoms with E-state index in [9.17, 15) is 13.2 Å². The maximum atomic E-state index is 13.3. The summed E-state index contributed by atoms with van der Waals surface area (Å²) in [6, 6.07) is 12.1. The molecule has 0 saturated carbocycles. The summed E-state index contributed by atoms with van der Waals surface area (Å²) in [7, 11) is -2.52. The second-order valence-electron chi connectivity index (χ2n) is 6.90. The third-order valence-corrected chi connectivity index (χ3v) is 6.96. The van der Waals surface area contributed by atoms with Crippen molar-refractivity contribution < 1.29 is 13.2 Å². The number of aryl methyl sites for hydroxylation is 1. The third-order valence-electron chi connectivity index (χ3n) is 4.93. The van der Waals surface area contributed by atoms with Crippen LogP contribution in [-0.2, 0) is 21.1 Å². The van der Waals surface area contributed by atoms with Gasteiger partial charge in [0.05, 0.1) is 10.3 Å². The molecule has 0 aliphatic carbocycles. The Balaban J connectivity index is 2.06. The lowest BCUT2D eigenvalue weighted by Gasteiger charge is -2.15. The Morgan fingerprint density at radius 2 is 1.90 bits per heavy atom. The highest BCUT2D eigenvalue weighted by atomic mass is 35.5. The first kappa shape index (κ1) is 21.2. The van der Waals surface area contributed by atoms with Crippen LogP contribution in [0.5, 0.6) is 0 Å². The van der Waals surface area contributed by atoms with E-state index < -0.39 is 15.4 Å². The average molecular weight is 459 g/mol. The van der Waals surface area contributed by atoms with E-state index in [1.165, 1.54) is 39.3 Å². The number of halogens is 1. The molecule has 4 rings (SSSR count). The highest BCUT2D eigenvalue weighted by Gasteiger charge is 2.24. The molecule has 1 aromatic carbocycles. The number of fused-ring (bicyclic) bond motifs is 2. The van der Waals surface area contributed by atoms with Crippen LogP contribution in [0.2, 0.25) is 5.02 Å². The summed E-state index contributed by atoms with van der Waals surface area (Å²) in [5.74, 6) is 0. The molecule has 0 atom stereocenters. The highest BCUT2D eigenvalue weighted by molar-refractivity contribution is 7.91. The predicted molar refractivity (Wildman–Crippen MR) is 116 cm³/mol. The van der Waals surface area contributed by atoms with Crippen molar-refractivity contribution in [3.05, 3.63) is 75.6 Å². The van der Waals surface area contributed by atoms with Crippen molar-refractivity contribution in [1.82, 2.24) is 14.0 Å². The van der Waals surface area contributed by atoms with E-state index in [2.05, 4.69) is 4.98 Å². The van der Waals surface area contributed by atoms with E-state index in [-0.39, 0.29) is 32.9 Å². The van der Waals surface area contributed by atoms with Crippen LogP contribution in [0.15, 0.2) is 69.3 Å². The SMILES string of the molecule is COCCCn1c(=N)c(S(=O)(=O)c2ccc(Cl)cc2)cc2c(=O)n3ccccc3nc21. The normalized spacial score (nSPS) is 11.9. The average Bonchev–Trinajstić information content (AvgIpc) is 2.76. The molecule has 0 aliphatic heterocycles. The molecule has 0 amide bonds. The quantitative estimate of drug-likeness (QED) is 0.353. The molecule has 0 fully saturated rings. The van der Waals surface area contributed by atoms with Gasteiger partial charge in [0.1, 0.15) is 21.7 Å². The second-order valence-corrected chi connectivity index (χ2v) is 9.25. The van der Waals surface area contributed by atoms with E-state index in [0.29, 0.717) is 23.7 Å². The van der Waals surface area contributed by atoms with E-state index in [4.69, 9.17) is 21.7 Å². The molecule has 0 radical (unpaired) electrons. The highest BCUT2D eigenvalue weighted by Crippen LogP contribution is 2.22. The monoisotopic (exact) mass is 458 g/mol. The fraction of sp³-hybridized carbons (Fsp3) is 0.190. The number of nitrogens with zero attached hydrogens (tertiary/aromatic N) is 3. The van der Waals surface area contributed by atoms with Gasteiger partial charge in [-0.3, -0.25) is 14.6 Å². The Morgan fingerprint density at radius 1 is 1.16 bits per heavy atom. The summed E-state index contributed by atoms with van der Waals surface area (Å²) >= 11 is 5.89. The van der Waals surface area contributed by atoms with Crippen molar-refractivity contribution in [2.24, 2.45) is 0 Å². The van der Waals surface area contributed by atoms with Crippen molar-refractivity contribution in [2.75, 3.05) is 13.7 Å². The van der Waals surface area contributed by atoms with Crippen LogP contribution in [0.25, 0.3) is 16.7 Å². The van der Waals surface area contributed by atoms with Gasteiger partial charge in [-0.1, -0.05) is 17.7 Å². The second kappa shape index (κ2) is 8.26. The zero-order valence-corrected chi connectivity index (χ0v) is 18.2. The van der Waals surface area contributed by atoms with Gasteiger partial charge in [0.15, 0.2) is 0 Å². The summed E-state index contributed by atoms with van der Waals surface area (Å²) in [4.78, 5) is 17.4. The van der Waals surface area contributed by atoms with Gasteiger partial charge in [-0.25, -0.2) is 13.4 Å². The Hall–Kier alpha value is -3.01. The zero-order valence-electron chi connectivity index (χ0n) is 16.6. The van der Waals surface area contributed by atoms with Crippen LogP contribution in [0.1, 0.15) is 6.42 Å².